The number of aromatic nitrogens is 1. The first-order chi connectivity index (χ1) is 8.91. The fourth-order valence-electron chi connectivity index (χ4n) is 1.56. The molecular weight excluding hydrogens is 262 g/mol. The fourth-order valence-corrected chi connectivity index (χ4v) is 1.56. The Morgan fingerprint density at radius 1 is 1.11 bits per heavy atom. The van der Waals surface area contributed by atoms with Gasteiger partial charge in [-0.05, 0) is 12.1 Å². The monoisotopic (exact) mass is 269 g/mol. The van der Waals surface area contributed by atoms with Crippen LogP contribution in [0.1, 0.15) is 16.1 Å². The molecule has 2 rings (SSSR count). The van der Waals surface area contributed by atoms with Crippen LogP contribution in [0.3, 0.4) is 0 Å². The van der Waals surface area contributed by atoms with Crippen molar-refractivity contribution in [3.8, 4) is 11.1 Å². The van der Waals surface area contributed by atoms with Crippen LogP contribution in [0.2, 0.25) is 0 Å². The van der Waals surface area contributed by atoms with E-state index >= 15 is 0 Å². The summed E-state index contributed by atoms with van der Waals surface area (Å²) in [7, 11) is 0. The molecule has 0 unspecified atom stereocenters. The molecule has 6 heteroatoms. The van der Waals surface area contributed by atoms with Crippen molar-refractivity contribution in [3.63, 3.8) is 0 Å². The summed E-state index contributed by atoms with van der Waals surface area (Å²) >= 11 is 0. The minimum atomic E-state index is -4.53. The zero-order valence-electron chi connectivity index (χ0n) is 9.41. The highest BCUT2D eigenvalue weighted by atomic mass is 19.4. The molecule has 0 aliphatic rings. The van der Waals surface area contributed by atoms with E-state index in [1.54, 1.807) is 0 Å². The third-order valence-corrected chi connectivity index (χ3v) is 2.49. The lowest BCUT2D eigenvalue weighted by molar-refractivity contribution is -0.141. The molecule has 19 heavy (non-hydrogen) atoms. The predicted octanol–water partition coefficient (Wildman–Crippen LogP) is 3.72. The summed E-state index contributed by atoms with van der Waals surface area (Å²) in [5.74, 6) is -0.689. The zero-order chi connectivity index (χ0) is 14.0. The molecule has 1 aromatic heterocycles. The summed E-state index contributed by atoms with van der Waals surface area (Å²) in [6, 6.07) is 5.63. The molecular formula is C13H7F4NO. The molecule has 0 radical (unpaired) electrons. The SMILES string of the molecule is O=Cc1ccc(-c2ccc(C(F)(F)F)nc2)c(F)c1. The van der Waals surface area contributed by atoms with Crippen molar-refractivity contribution in [1.82, 2.24) is 4.98 Å². The van der Waals surface area contributed by atoms with Gasteiger partial charge < -0.3 is 0 Å². The number of benzene rings is 1. The number of aldehydes is 1. The topological polar surface area (TPSA) is 30.0 Å². The van der Waals surface area contributed by atoms with Crippen LogP contribution in [0.4, 0.5) is 17.6 Å². The van der Waals surface area contributed by atoms with E-state index in [4.69, 9.17) is 0 Å². The summed E-state index contributed by atoms with van der Waals surface area (Å²) in [5, 5.41) is 0. The Morgan fingerprint density at radius 2 is 1.84 bits per heavy atom. The second kappa shape index (κ2) is 4.79. The van der Waals surface area contributed by atoms with E-state index < -0.39 is 17.7 Å². The van der Waals surface area contributed by atoms with Crippen LogP contribution >= 0.6 is 0 Å². The van der Waals surface area contributed by atoms with E-state index in [0.717, 1.165) is 24.4 Å². The van der Waals surface area contributed by atoms with Gasteiger partial charge >= 0.3 is 6.18 Å². The van der Waals surface area contributed by atoms with Crippen LogP contribution in [-0.4, -0.2) is 11.3 Å². The molecule has 2 aromatic rings. The van der Waals surface area contributed by atoms with E-state index in [9.17, 15) is 22.4 Å². The predicted molar refractivity (Wildman–Crippen MR) is 60.0 cm³/mol. The average Bonchev–Trinajstić information content (AvgIpc) is 2.37. The molecule has 2 nitrogen and oxygen atoms in total. The van der Waals surface area contributed by atoms with Crippen LogP contribution < -0.4 is 0 Å². The molecule has 0 saturated carbocycles. The molecule has 1 heterocycles. The first-order valence-corrected chi connectivity index (χ1v) is 5.20. The third-order valence-electron chi connectivity index (χ3n) is 2.49. The van der Waals surface area contributed by atoms with E-state index in [1.165, 1.54) is 12.1 Å². The van der Waals surface area contributed by atoms with Crippen molar-refractivity contribution in [3.05, 3.63) is 53.6 Å². The van der Waals surface area contributed by atoms with Gasteiger partial charge in [-0.1, -0.05) is 18.2 Å². The number of hydrogen-bond donors (Lipinski definition) is 0. The van der Waals surface area contributed by atoms with Crippen LogP contribution in [0.5, 0.6) is 0 Å². The van der Waals surface area contributed by atoms with Crippen LogP contribution in [0.25, 0.3) is 11.1 Å². The second-order valence-electron chi connectivity index (χ2n) is 3.79. The Bertz CT molecular complexity index is 605. The summed E-state index contributed by atoms with van der Waals surface area (Å²) in [6.45, 7) is 0. The number of halogens is 4. The molecule has 0 fully saturated rings. The van der Waals surface area contributed by atoms with Crippen molar-refractivity contribution >= 4 is 6.29 Å². The standard InChI is InChI=1S/C13H7F4NO/c14-11-5-8(7-19)1-3-10(11)9-2-4-12(18-6-9)13(15,16)17/h1-7H. The van der Waals surface area contributed by atoms with Crippen molar-refractivity contribution in [2.24, 2.45) is 0 Å². The number of alkyl halides is 3. The van der Waals surface area contributed by atoms with E-state index in [0.29, 0.717) is 6.29 Å². The minimum absolute atomic E-state index is 0.0897. The van der Waals surface area contributed by atoms with Crippen molar-refractivity contribution in [1.29, 1.82) is 0 Å². The lowest BCUT2D eigenvalue weighted by Crippen LogP contribution is -2.07. The van der Waals surface area contributed by atoms with Gasteiger partial charge in [0.25, 0.3) is 0 Å². The Kier molecular flexibility index (Phi) is 3.33. The van der Waals surface area contributed by atoms with E-state index in [2.05, 4.69) is 4.98 Å². The molecule has 0 spiro atoms. The number of carbonyl (C=O) groups excluding carboxylic acids is 1. The maximum atomic E-state index is 13.6. The maximum absolute atomic E-state index is 13.6. The summed E-state index contributed by atoms with van der Waals surface area (Å²) in [5.41, 5.74) is -0.586. The largest absolute Gasteiger partial charge is 0.433 e. The zero-order valence-corrected chi connectivity index (χ0v) is 9.41. The lowest BCUT2D eigenvalue weighted by Gasteiger charge is -2.07. The lowest BCUT2D eigenvalue weighted by atomic mass is 10.0. The first-order valence-electron chi connectivity index (χ1n) is 5.20. The Labute approximate surface area is 105 Å². The molecule has 1 aromatic carbocycles. The Morgan fingerprint density at radius 3 is 2.32 bits per heavy atom. The molecule has 0 aliphatic carbocycles. The molecule has 0 atom stereocenters. The van der Waals surface area contributed by atoms with E-state index in [-0.39, 0.29) is 16.7 Å². The average molecular weight is 269 g/mol. The number of pyridine rings is 1. The van der Waals surface area contributed by atoms with Gasteiger partial charge in [0.2, 0.25) is 0 Å². The Hall–Kier alpha value is -2.24. The number of hydrogen-bond acceptors (Lipinski definition) is 2. The van der Waals surface area contributed by atoms with Crippen molar-refractivity contribution < 1.29 is 22.4 Å². The second-order valence-corrected chi connectivity index (χ2v) is 3.79. The molecule has 98 valence electrons. The molecule has 0 N–H and O–H groups in total. The third kappa shape index (κ3) is 2.78. The number of rotatable bonds is 2. The van der Waals surface area contributed by atoms with Gasteiger partial charge in [0.1, 0.15) is 17.8 Å². The normalized spacial score (nSPS) is 11.4. The van der Waals surface area contributed by atoms with Gasteiger partial charge in [-0.25, -0.2) is 4.39 Å². The van der Waals surface area contributed by atoms with Gasteiger partial charge in [-0.15, -0.1) is 0 Å². The molecule has 0 amide bonds. The quantitative estimate of drug-likeness (QED) is 0.614. The molecule has 0 saturated heterocycles. The first kappa shape index (κ1) is 13.2. The molecule has 0 bridgehead atoms. The summed E-state index contributed by atoms with van der Waals surface area (Å²) in [4.78, 5) is 13.7. The van der Waals surface area contributed by atoms with Gasteiger partial charge in [0.15, 0.2) is 0 Å². The smallest absolute Gasteiger partial charge is 0.298 e. The minimum Gasteiger partial charge on any atom is -0.298 e. The fraction of sp³-hybridized carbons (Fsp3) is 0.0769. The highest BCUT2D eigenvalue weighted by Gasteiger charge is 2.32. The van der Waals surface area contributed by atoms with Crippen molar-refractivity contribution in [2.75, 3.05) is 0 Å². The van der Waals surface area contributed by atoms with Crippen molar-refractivity contribution in [2.45, 2.75) is 6.18 Å². The van der Waals surface area contributed by atoms with Crippen LogP contribution in [-0.2, 0) is 6.18 Å². The van der Waals surface area contributed by atoms with Gasteiger partial charge in [-0.2, -0.15) is 13.2 Å². The van der Waals surface area contributed by atoms with Crippen LogP contribution in [0, 0.1) is 5.82 Å². The summed E-state index contributed by atoms with van der Waals surface area (Å²) in [6.07, 6.45) is -3.10. The van der Waals surface area contributed by atoms with Gasteiger partial charge in [0, 0.05) is 22.9 Å². The van der Waals surface area contributed by atoms with Gasteiger partial charge in [-0.3, -0.25) is 9.78 Å². The highest BCUT2D eigenvalue weighted by molar-refractivity contribution is 5.77. The number of nitrogens with zero attached hydrogens (tertiary/aromatic N) is 1. The highest BCUT2D eigenvalue weighted by Crippen LogP contribution is 2.29. The summed E-state index contributed by atoms with van der Waals surface area (Å²) < 4.78 is 50.6. The van der Waals surface area contributed by atoms with Gasteiger partial charge in [0.05, 0.1) is 0 Å². The Balaban J connectivity index is 2.40. The van der Waals surface area contributed by atoms with Crippen LogP contribution in [0.15, 0.2) is 36.5 Å². The maximum Gasteiger partial charge on any atom is 0.433 e. The molecule has 0 aliphatic heterocycles. The number of carbonyl (C=O) groups is 1. The van der Waals surface area contributed by atoms with E-state index in [1.807, 2.05) is 0 Å².